The van der Waals surface area contributed by atoms with Crippen molar-refractivity contribution in [1.82, 2.24) is 19.9 Å². The van der Waals surface area contributed by atoms with Crippen molar-refractivity contribution in [3.05, 3.63) is 35.7 Å². The SMILES string of the molecule is COc1ccc(-n2nnc(C(=O)N(C3CC3)C(C)C(=O)O)c2C)cc1. The molecule has 0 aliphatic heterocycles. The molecular formula is C17H20N4O4. The van der Waals surface area contributed by atoms with Crippen molar-refractivity contribution in [2.24, 2.45) is 0 Å². The number of carbonyl (C=O) groups excluding carboxylic acids is 1. The van der Waals surface area contributed by atoms with E-state index in [-0.39, 0.29) is 11.7 Å². The third kappa shape index (κ3) is 3.19. The maximum absolute atomic E-state index is 12.9. The van der Waals surface area contributed by atoms with E-state index in [9.17, 15) is 14.7 Å². The lowest BCUT2D eigenvalue weighted by Gasteiger charge is -2.25. The Balaban J connectivity index is 1.91. The van der Waals surface area contributed by atoms with Gasteiger partial charge in [0.15, 0.2) is 5.69 Å². The van der Waals surface area contributed by atoms with Crippen molar-refractivity contribution < 1.29 is 19.4 Å². The van der Waals surface area contributed by atoms with Crippen molar-refractivity contribution in [2.75, 3.05) is 7.11 Å². The van der Waals surface area contributed by atoms with Crippen LogP contribution in [0, 0.1) is 6.92 Å². The zero-order valence-corrected chi connectivity index (χ0v) is 14.3. The third-order valence-electron chi connectivity index (χ3n) is 4.36. The predicted molar refractivity (Wildman–Crippen MR) is 88.9 cm³/mol. The highest BCUT2D eigenvalue weighted by atomic mass is 16.5. The van der Waals surface area contributed by atoms with Gasteiger partial charge in [-0.1, -0.05) is 5.21 Å². The fourth-order valence-corrected chi connectivity index (χ4v) is 2.75. The molecule has 0 bridgehead atoms. The highest BCUT2D eigenvalue weighted by Crippen LogP contribution is 2.30. The minimum absolute atomic E-state index is 0.0378. The van der Waals surface area contributed by atoms with E-state index >= 15 is 0 Å². The number of ether oxygens (including phenoxy) is 1. The van der Waals surface area contributed by atoms with Gasteiger partial charge in [0.25, 0.3) is 5.91 Å². The number of carbonyl (C=O) groups is 2. The first-order valence-electron chi connectivity index (χ1n) is 8.06. The lowest BCUT2D eigenvalue weighted by Crippen LogP contribution is -2.45. The molecular weight excluding hydrogens is 324 g/mol. The van der Waals surface area contributed by atoms with Gasteiger partial charge < -0.3 is 14.7 Å². The number of nitrogens with zero attached hydrogens (tertiary/aromatic N) is 4. The summed E-state index contributed by atoms with van der Waals surface area (Å²) in [6, 6.07) is 6.28. The summed E-state index contributed by atoms with van der Waals surface area (Å²) in [4.78, 5) is 25.6. The van der Waals surface area contributed by atoms with Crippen LogP contribution >= 0.6 is 0 Å². The molecule has 8 heteroatoms. The normalized spacial score (nSPS) is 14.8. The number of hydrogen-bond acceptors (Lipinski definition) is 5. The second-order valence-corrected chi connectivity index (χ2v) is 6.09. The molecule has 1 aromatic heterocycles. The minimum Gasteiger partial charge on any atom is -0.497 e. The van der Waals surface area contributed by atoms with Crippen LogP contribution in [0.1, 0.15) is 35.9 Å². The van der Waals surface area contributed by atoms with Crippen LogP contribution in [0.3, 0.4) is 0 Å². The lowest BCUT2D eigenvalue weighted by atomic mass is 10.2. The third-order valence-corrected chi connectivity index (χ3v) is 4.36. The molecule has 1 heterocycles. The molecule has 1 N–H and O–H groups in total. The Kier molecular flexibility index (Phi) is 4.43. The number of methoxy groups -OCH3 is 1. The molecule has 25 heavy (non-hydrogen) atoms. The Morgan fingerprint density at radius 1 is 1.32 bits per heavy atom. The number of aromatic nitrogens is 3. The lowest BCUT2D eigenvalue weighted by molar-refractivity contribution is -0.141. The van der Waals surface area contributed by atoms with Gasteiger partial charge in [0, 0.05) is 6.04 Å². The fourth-order valence-electron chi connectivity index (χ4n) is 2.75. The van der Waals surface area contributed by atoms with E-state index in [4.69, 9.17) is 4.74 Å². The summed E-state index contributed by atoms with van der Waals surface area (Å²) >= 11 is 0. The maximum Gasteiger partial charge on any atom is 0.326 e. The first kappa shape index (κ1) is 16.9. The molecule has 0 saturated heterocycles. The van der Waals surface area contributed by atoms with Crippen molar-refractivity contribution >= 4 is 11.9 Å². The average Bonchev–Trinajstić information content (AvgIpc) is 3.36. The van der Waals surface area contributed by atoms with Crippen LogP contribution in [0.25, 0.3) is 5.69 Å². The molecule has 1 unspecified atom stereocenters. The largest absolute Gasteiger partial charge is 0.497 e. The van der Waals surface area contributed by atoms with Crippen molar-refractivity contribution in [3.8, 4) is 11.4 Å². The molecule has 1 fully saturated rings. The van der Waals surface area contributed by atoms with Crippen molar-refractivity contribution in [1.29, 1.82) is 0 Å². The number of carboxylic acids is 1. The Morgan fingerprint density at radius 2 is 1.96 bits per heavy atom. The smallest absolute Gasteiger partial charge is 0.326 e. The molecule has 2 aromatic rings. The summed E-state index contributed by atoms with van der Waals surface area (Å²) in [6.07, 6.45) is 1.63. The minimum atomic E-state index is -1.03. The molecule has 0 spiro atoms. The van der Waals surface area contributed by atoms with E-state index < -0.39 is 17.9 Å². The van der Waals surface area contributed by atoms with Gasteiger partial charge >= 0.3 is 5.97 Å². The summed E-state index contributed by atoms with van der Waals surface area (Å²) in [5.41, 5.74) is 1.49. The number of hydrogen-bond donors (Lipinski definition) is 1. The van der Waals surface area contributed by atoms with E-state index in [1.807, 2.05) is 12.1 Å². The van der Waals surface area contributed by atoms with Crippen LogP contribution in [0.4, 0.5) is 0 Å². The first-order chi connectivity index (χ1) is 11.9. The molecule has 1 amide bonds. The molecule has 1 saturated carbocycles. The molecule has 8 nitrogen and oxygen atoms in total. The second kappa shape index (κ2) is 6.54. The van der Waals surface area contributed by atoms with Crippen LogP contribution < -0.4 is 4.74 Å². The summed E-state index contributed by atoms with van der Waals surface area (Å²) in [5.74, 6) is -0.705. The van der Waals surface area contributed by atoms with Crippen molar-refractivity contribution in [2.45, 2.75) is 38.8 Å². The zero-order chi connectivity index (χ0) is 18.1. The molecule has 3 rings (SSSR count). The van der Waals surface area contributed by atoms with Gasteiger partial charge in [-0.3, -0.25) is 4.79 Å². The van der Waals surface area contributed by atoms with Crippen LogP contribution in [-0.2, 0) is 4.79 Å². The number of benzene rings is 1. The van der Waals surface area contributed by atoms with Gasteiger partial charge in [-0.2, -0.15) is 0 Å². The van der Waals surface area contributed by atoms with Gasteiger partial charge in [-0.05, 0) is 51.0 Å². The maximum atomic E-state index is 12.9. The number of amides is 1. The van der Waals surface area contributed by atoms with Gasteiger partial charge in [-0.25, -0.2) is 9.48 Å². The van der Waals surface area contributed by atoms with Gasteiger partial charge in [-0.15, -0.1) is 5.10 Å². The highest BCUT2D eigenvalue weighted by molar-refractivity contribution is 5.96. The number of rotatable bonds is 6. The van der Waals surface area contributed by atoms with E-state index in [1.165, 1.54) is 11.8 Å². The topological polar surface area (TPSA) is 97.5 Å². The predicted octanol–water partition coefficient (Wildman–Crippen LogP) is 1.66. The summed E-state index contributed by atoms with van der Waals surface area (Å²) in [5, 5.41) is 17.3. The second-order valence-electron chi connectivity index (χ2n) is 6.09. The van der Waals surface area contributed by atoms with Crippen LogP contribution in [0.2, 0.25) is 0 Å². The van der Waals surface area contributed by atoms with E-state index in [0.717, 1.165) is 18.5 Å². The average molecular weight is 344 g/mol. The molecule has 0 radical (unpaired) electrons. The Labute approximate surface area is 145 Å². The van der Waals surface area contributed by atoms with Crippen LogP contribution in [0.15, 0.2) is 24.3 Å². The quantitative estimate of drug-likeness (QED) is 0.856. The molecule has 132 valence electrons. The Hall–Kier alpha value is -2.90. The number of carboxylic acid groups (broad SMARTS) is 1. The first-order valence-corrected chi connectivity index (χ1v) is 8.06. The fraction of sp³-hybridized carbons (Fsp3) is 0.412. The summed E-state index contributed by atoms with van der Waals surface area (Å²) < 4.78 is 6.69. The summed E-state index contributed by atoms with van der Waals surface area (Å²) in [6.45, 7) is 3.26. The Bertz CT molecular complexity index is 795. The highest BCUT2D eigenvalue weighted by Gasteiger charge is 2.40. The summed E-state index contributed by atoms with van der Waals surface area (Å²) in [7, 11) is 1.59. The number of aliphatic carboxylic acids is 1. The molecule has 1 atom stereocenters. The monoisotopic (exact) mass is 344 g/mol. The van der Waals surface area contributed by atoms with Gasteiger partial charge in [0.2, 0.25) is 0 Å². The standard InChI is InChI=1S/C17H20N4O4/c1-10-15(16(22)20(12-4-5-12)11(2)17(23)24)18-19-21(10)13-6-8-14(25-3)9-7-13/h6-9,11-12H,4-5H2,1-3H3,(H,23,24). The van der Waals surface area contributed by atoms with E-state index in [2.05, 4.69) is 10.3 Å². The van der Waals surface area contributed by atoms with Gasteiger partial charge in [0.1, 0.15) is 11.8 Å². The molecule has 1 aliphatic rings. The van der Waals surface area contributed by atoms with Crippen LogP contribution in [-0.4, -0.2) is 56.1 Å². The Morgan fingerprint density at radius 3 is 2.48 bits per heavy atom. The molecule has 1 aromatic carbocycles. The van der Waals surface area contributed by atoms with Gasteiger partial charge in [0.05, 0.1) is 18.5 Å². The van der Waals surface area contributed by atoms with Crippen molar-refractivity contribution in [3.63, 3.8) is 0 Å². The van der Waals surface area contributed by atoms with E-state index in [0.29, 0.717) is 11.4 Å². The van der Waals surface area contributed by atoms with E-state index in [1.54, 1.807) is 30.8 Å². The zero-order valence-electron chi connectivity index (χ0n) is 14.3. The molecule has 1 aliphatic carbocycles. The van der Waals surface area contributed by atoms with Crippen LogP contribution in [0.5, 0.6) is 5.75 Å².